The Kier molecular flexibility index (Phi) is 14.3. The molecule has 2 aliphatic carbocycles. The van der Waals surface area contributed by atoms with E-state index in [1.54, 1.807) is 0 Å². The first-order chi connectivity index (χ1) is 17.6. The highest BCUT2D eigenvalue weighted by Crippen LogP contribution is 2.53. The quantitative estimate of drug-likeness (QED) is 0.142. The molecule has 0 aromatic rings. The van der Waals surface area contributed by atoms with Crippen LogP contribution in [-0.4, -0.2) is 0 Å². The van der Waals surface area contributed by atoms with E-state index in [-0.39, 0.29) is 0 Å². The van der Waals surface area contributed by atoms with Gasteiger partial charge >= 0.3 is 0 Å². The number of allylic oxidation sites excluding steroid dienone is 2. The van der Waals surface area contributed by atoms with E-state index in [4.69, 9.17) is 0 Å². The molecule has 0 heteroatoms. The third-order valence-corrected chi connectivity index (χ3v) is 11.4. The Balaban J connectivity index is 2.31. The van der Waals surface area contributed by atoms with Crippen molar-refractivity contribution in [3.63, 3.8) is 0 Å². The van der Waals surface area contributed by atoms with Crippen molar-refractivity contribution in [1.82, 2.24) is 0 Å². The highest BCUT2D eigenvalue weighted by atomic mass is 14.5. The standard InChI is InChI=1S/C37H70/c1-10-15-16-25-37(14-5)26-24-33(28-36(7,8)9)35(23-21-32-20-19-31(32)13-4)29(6)27-34(37)22-18-30(12-3)17-11-2/h29-30,33-35H,10-28H2,1-9H3. The van der Waals surface area contributed by atoms with Gasteiger partial charge in [0.25, 0.3) is 0 Å². The SMILES string of the molecule is CCCCCC1(CC)CCC(CC(C)(C)C)C(CCC2=C(CC)CC2)C(C)CC1CCC(CC)CCC. The maximum atomic E-state index is 2.70. The van der Waals surface area contributed by atoms with Crippen molar-refractivity contribution in [2.75, 3.05) is 0 Å². The molecule has 2 aliphatic rings. The smallest absolute Gasteiger partial charge is 0.0272 e. The van der Waals surface area contributed by atoms with Crippen LogP contribution < -0.4 is 0 Å². The predicted octanol–water partition coefficient (Wildman–Crippen LogP) is 13.0. The topological polar surface area (TPSA) is 0 Å². The Morgan fingerprint density at radius 2 is 1.62 bits per heavy atom. The molecule has 37 heavy (non-hydrogen) atoms. The molecule has 0 aromatic heterocycles. The Labute approximate surface area is 235 Å². The molecule has 6 atom stereocenters. The minimum Gasteiger partial charge on any atom is -0.0710 e. The van der Waals surface area contributed by atoms with E-state index < -0.39 is 0 Å². The van der Waals surface area contributed by atoms with Crippen molar-refractivity contribution in [2.24, 2.45) is 40.4 Å². The fourth-order valence-corrected chi connectivity index (χ4v) is 8.86. The molecule has 0 heterocycles. The third kappa shape index (κ3) is 10.0. The highest BCUT2D eigenvalue weighted by molar-refractivity contribution is 5.24. The van der Waals surface area contributed by atoms with Gasteiger partial charge in [0.05, 0.1) is 0 Å². The van der Waals surface area contributed by atoms with Crippen molar-refractivity contribution in [2.45, 2.75) is 184 Å². The van der Waals surface area contributed by atoms with E-state index >= 15 is 0 Å². The number of hydrogen-bond donors (Lipinski definition) is 0. The number of rotatable bonds is 16. The van der Waals surface area contributed by atoms with Crippen molar-refractivity contribution >= 4 is 0 Å². The van der Waals surface area contributed by atoms with Crippen LogP contribution in [0.25, 0.3) is 0 Å². The maximum Gasteiger partial charge on any atom is -0.0272 e. The molecule has 0 radical (unpaired) electrons. The maximum absolute atomic E-state index is 2.70. The summed E-state index contributed by atoms with van der Waals surface area (Å²) >= 11 is 0. The fraction of sp³-hybridized carbons (Fsp3) is 0.946. The van der Waals surface area contributed by atoms with Gasteiger partial charge in [-0.1, -0.05) is 125 Å². The lowest BCUT2D eigenvalue weighted by atomic mass is 9.56. The van der Waals surface area contributed by atoms with Crippen LogP contribution in [-0.2, 0) is 0 Å². The van der Waals surface area contributed by atoms with E-state index in [2.05, 4.69) is 62.3 Å². The zero-order valence-corrected chi connectivity index (χ0v) is 27.3. The highest BCUT2D eigenvalue weighted by Gasteiger charge is 2.43. The van der Waals surface area contributed by atoms with Crippen molar-refractivity contribution in [3.05, 3.63) is 11.1 Å². The third-order valence-electron chi connectivity index (χ3n) is 11.4. The molecule has 0 amide bonds. The summed E-state index contributed by atoms with van der Waals surface area (Å²) in [6.45, 7) is 22.4. The van der Waals surface area contributed by atoms with E-state index in [1.807, 2.05) is 11.1 Å². The van der Waals surface area contributed by atoms with Crippen molar-refractivity contribution in [3.8, 4) is 0 Å². The Bertz CT molecular complexity index is 647. The molecule has 6 unspecified atom stereocenters. The van der Waals surface area contributed by atoms with Crippen molar-refractivity contribution in [1.29, 1.82) is 0 Å². The van der Waals surface area contributed by atoms with E-state index in [9.17, 15) is 0 Å². The summed E-state index contributed by atoms with van der Waals surface area (Å²) < 4.78 is 0. The second-order valence-electron chi connectivity index (χ2n) is 15.0. The molecule has 0 nitrogen and oxygen atoms in total. The van der Waals surface area contributed by atoms with Gasteiger partial charge in [0.2, 0.25) is 0 Å². The molecule has 0 aliphatic heterocycles. The molecular formula is C37H70. The normalized spacial score (nSPS) is 30.1. The van der Waals surface area contributed by atoms with Crippen LogP contribution in [0.5, 0.6) is 0 Å². The van der Waals surface area contributed by atoms with Gasteiger partial charge in [0, 0.05) is 0 Å². The Morgan fingerprint density at radius 3 is 2.16 bits per heavy atom. The summed E-state index contributed by atoms with van der Waals surface area (Å²) in [4.78, 5) is 0. The zero-order valence-electron chi connectivity index (χ0n) is 27.3. The summed E-state index contributed by atoms with van der Waals surface area (Å²) in [5.41, 5.74) is 4.71. The van der Waals surface area contributed by atoms with Gasteiger partial charge in [0.1, 0.15) is 0 Å². The summed E-state index contributed by atoms with van der Waals surface area (Å²) in [6, 6.07) is 0. The number of unbranched alkanes of at least 4 members (excludes halogenated alkanes) is 2. The van der Waals surface area contributed by atoms with Gasteiger partial charge in [-0.3, -0.25) is 0 Å². The monoisotopic (exact) mass is 515 g/mol. The molecule has 2 rings (SSSR count). The summed E-state index contributed by atoms with van der Waals surface area (Å²) in [6.07, 6.45) is 27.3. The second kappa shape index (κ2) is 16.1. The van der Waals surface area contributed by atoms with E-state index in [0.717, 1.165) is 29.6 Å². The average molecular weight is 515 g/mol. The van der Waals surface area contributed by atoms with Gasteiger partial charge in [-0.2, -0.15) is 0 Å². The summed E-state index contributed by atoms with van der Waals surface area (Å²) in [7, 11) is 0. The molecule has 0 bridgehead atoms. The molecule has 0 aromatic carbocycles. The van der Waals surface area contributed by atoms with Gasteiger partial charge < -0.3 is 0 Å². The van der Waals surface area contributed by atoms with Crippen LogP contribution in [0.15, 0.2) is 11.1 Å². The lowest BCUT2D eigenvalue weighted by molar-refractivity contribution is 0.0182. The first-order valence-electron chi connectivity index (χ1n) is 17.3. The Hall–Kier alpha value is -0.260. The average Bonchev–Trinajstić information content (AvgIpc) is 2.83. The molecule has 0 spiro atoms. The largest absolute Gasteiger partial charge is 0.0710 e. The van der Waals surface area contributed by atoms with Gasteiger partial charge in [-0.25, -0.2) is 0 Å². The zero-order chi connectivity index (χ0) is 27.5. The Morgan fingerprint density at radius 1 is 0.892 bits per heavy atom. The summed E-state index contributed by atoms with van der Waals surface area (Å²) in [5.74, 6) is 4.63. The van der Waals surface area contributed by atoms with Crippen LogP contribution in [0.3, 0.4) is 0 Å². The van der Waals surface area contributed by atoms with Crippen molar-refractivity contribution < 1.29 is 0 Å². The molecular weight excluding hydrogens is 444 g/mol. The van der Waals surface area contributed by atoms with Crippen LogP contribution in [0, 0.1) is 40.4 Å². The molecule has 1 saturated carbocycles. The fourth-order valence-electron chi connectivity index (χ4n) is 8.86. The lowest BCUT2D eigenvalue weighted by Gasteiger charge is -2.49. The molecule has 0 saturated heterocycles. The number of hydrogen-bond acceptors (Lipinski definition) is 0. The van der Waals surface area contributed by atoms with Crippen LogP contribution in [0.4, 0.5) is 0 Å². The second-order valence-corrected chi connectivity index (χ2v) is 15.0. The molecule has 0 N–H and O–H groups in total. The van der Waals surface area contributed by atoms with E-state index in [1.165, 1.54) is 122 Å². The first kappa shape index (κ1) is 32.9. The van der Waals surface area contributed by atoms with Gasteiger partial charge in [-0.05, 0) is 111 Å². The van der Waals surface area contributed by atoms with Crippen LogP contribution in [0.2, 0.25) is 0 Å². The van der Waals surface area contributed by atoms with Gasteiger partial charge in [0.15, 0.2) is 0 Å². The van der Waals surface area contributed by atoms with Crippen LogP contribution in [0.1, 0.15) is 184 Å². The first-order valence-corrected chi connectivity index (χ1v) is 17.3. The lowest BCUT2D eigenvalue weighted by Crippen LogP contribution is -2.39. The molecule has 218 valence electrons. The van der Waals surface area contributed by atoms with Crippen LogP contribution >= 0.6 is 0 Å². The van der Waals surface area contributed by atoms with Gasteiger partial charge in [-0.15, -0.1) is 0 Å². The predicted molar refractivity (Wildman–Crippen MR) is 168 cm³/mol. The minimum atomic E-state index is 0.442. The minimum absolute atomic E-state index is 0.442. The molecule has 1 fully saturated rings. The summed E-state index contributed by atoms with van der Waals surface area (Å²) in [5, 5.41) is 0. The van der Waals surface area contributed by atoms with E-state index in [0.29, 0.717) is 10.8 Å².